The molecule has 8 aromatic rings. The number of aromatic nitrogens is 2. The Kier molecular flexibility index (Phi) is 22.3. The zero-order valence-corrected chi connectivity index (χ0v) is 50.2. The maximum absolute atomic E-state index is 6.49. The molecule has 79 heavy (non-hydrogen) atoms. The maximum atomic E-state index is 6.49. The van der Waals surface area contributed by atoms with Crippen molar-refractivity contribution in [2.24, 2.45) is 0 Å². The van der Waals surface area contributed by atoms with Crippen LogP contribution in [-0.4, -0.2) is 23.2 Å². The van der Waals surface area contributed by atoms with Crippen LogP contribution in [0.5, 0.6) is 11.5 Å². The van der Waals surface area contributed by atoms with Gasteiger partial charge < -0.3 is 9.47 Å². The van der Waals surface area contributed by atoms with Gasteiger partial charge in [0.1, 0.15) is 11.5 Å². The van der Waals surface area contributed by atoms with Gasteiger partial charge in [0, 0.05) is 42.3 Å². The van der Waals surface area contributed by atoms with Gasteiger partial charge in [0.05, 0.1) is 35.6 Å². The fourth-order valence-corrected chi connectivity index (χ4v) is 14.1. The van der Waals surface area contributed by atoms with Crippen molar-refractivity contribution in [1.29, 1.82) is 0 Å². The molecule has 0 amide bonds. The summed E-state index contributed by atoms with van der Waals surface area (Å²) in [7, 11) is 0. The molecule has 0 unspecified atom stereocenters. The Labute approximate surface area is 483 Å². The van der Waals surface area contributed by atoms with E-state index in [9.17, 15) is 0 Å². The molecule has 3 aromatic heterocycles. The summed E-state index contributed by atoms with van der Waals surface area (Å²) in [6, 6.07) is 47.6. The number of hydrogen-bond acceptors (Lipinski definition) is 6. The molecule has 6 heteroatoms. The van der Waals surface area contributed by atoms with Gasteiger partial charge in [0.2, 0.25) is 0 Å². The SMILES string of the molecule is CCCCCCCCOc1cccc(-c2nc3c(-c4cccs4)ccc(-c4ccc(-c5ccc6c(c5)C(CCCCCCCC)(CCCCCCCC)c5ccccc5-6)s4)c3nc2-c2cccc(OCCCCCCCC)c2)c1. The minimum atomic E-state index is 0.0329. The second-order valence-corrected chi connectivity index (χ2v) is 24.7. The highest BCUT2D eigenvalue weighted by Gasteiger charge is 2.42. The van der Waals surface area contributed by atoms with Gasteiger partial charge in [-0.3, -0.25) is 0 Å². The molecule has 0 aliphatic heterocycles. The second-order valence-electron chi connectivity index (χ2n) is 22.6. The number of fused-ring (bicyclic) bond motifs is 4. The molecule has 0 saturated heterocycles. The van der Waals surface area contributed by atoms with E-state index < -0.39 is 0 Å². The monoisotopic (exact) mass is 1090 g/mol. The molecular weight excluding hydrogens is 1000 g/mol. The Morgan fingerprint density at radius 3 is 1.39 bits per heavy atom. The zero-order chi connectivity index (χ0) is 54.5. The summed E-state index contributed by atoms with van der Waals surface area (Å²) < 4.78 is 13.0. The lowest BCUT2D eigenvalue weighted by Crippen LogP contribution is -2.25. The van der Waals surface area contributed by atoms with Crippen LogP contribution < -0.4 is 9.47 Å². The fraction of sp³-hybridized carbons (Fsp3) is 0.452. The molecule has 3 heterocycles. The number of rotatable bonds is 35. The van der Waals surface area contributed by atoms with E-state index in [2.05, 4.69) is 160 Å². The van der Waals surface area contributed by atoms with Gasteiger partial charge in [-0.1, -0.05) is 248 Å². The summed E-state index contributed by atoms with van der Waals surface area (Å²) in [6.07, 6.45) is 33.0. The Morgan fingerprint density at radius 2 is 0.848 bits per heavy atom. The van der Waals surface area contributed by atoms with Crippen molar-refractivity contribution < 1.29 is 9.47 Å². The molecule has 9 rings (SSSR count). The third-order valence-electron chi connectivity index (χ3n) is 16.7. The van der Waals surface area contributed by atoms with Gasteiger partial charge >= 0.3 is 0 Å². The van der Waals surface area contributed by atoms with Crippen molar-refractivity contribution in [1.82, 2.24) is 9.97 Å². The summed E-state index contributed by atoms with van der Waals surface area (Å²) in [6.45, 7) is 10.6. The zero-order valence-electron chi connectivity index (χ0n) is 48.5. The Morgan fingerprint density at radius 1 is 0.367 bits per heavy atom. The highest BCUT2D eigenvalue weighted by atomic mass is 32.1. The predicted molar refractivity (Wildman–Crippen MR) is 342 cm³/mol. The maximum Gasteiger partial charge on any atom is 0.119 e. The van der Waals surface area contributed by atoms with E-state index >= 15 is 0 Å². The molecule has 4 nitrogen and oxygen atoms in total. The van der Waals surface area contributed by atoms with Crippen LogP contribution in [0, 0.1) is 0 Å². The predicted octanol–water partition coefficient (Wildman–Crippen LogP) is 23.3. The van der Waals surface area contributed by atoms with Gasteiger partial charge in [0.25, 0.3) is 0 Å². The number of benzene rings is 5. The van der Waals surface area contributed by atoms with Gasteiger partial charge in [-0.15, -0.1) is 22.7 Å². The van der Waals surface area contributed by atoms with Crippen molar-refractivity contribution >= 4 is 33.7 Å². The van der Waals surface area contributed by atoms with Crippen LogP contribution in [0.3, 0.4) is 0 Å². The van der Waals surface area contributed by atoms with Gasteiger partial charge in [-0.25, -0.2) is 9.97 Å². The van der Waals surface area contributed by atoms with Crippen LogP contribution >= 0.6 is 22.7 Å². The van der Waals surface area contributed by atoms with E-state index in [1.807, 2.05) is 11.3 Å². The first-order valence-corrected chi connectivity index (χ1v) is 32.9. The van der Waals surface area contributed by atoms with Crippen LogP contribution in [-0.2, 0) is 5.41 Å². The largest absolute Gasteiger partial charge is 0.494 e. The first-order chi connectivity index (χ1) is 39.0. The van der Waals surface area contributed by atoms with Crippen molar-refractivity contribution in [2.75, 3.05) is 13.2 Å². The van der Waals surface area contributed by atoms with E-state index in [0.717, 1.165) is 69.0 Å². The van der Waals surface area contributed by atoms with E-state index in [4.69, 9.17) is 19.4 Å². The molecule has 0 bridgehead atoms. The molecule has 0 N–H and O–H groups in total. The quantitative estimate of drug-likeness (QED) is 0.0372. The van der Waals surface area contributed by atoms with E-state index in [1.54, 1.807) is 22.5 Å². The first-order valence-electron chi connectivity index (χ1n) is 31.2. The van der Waals surface area contributed by atoms with Crippen molar-refractivity contribution in [3.63, 3.8) is 0 Å². The average Bonchev–Trinajstić information content (AvgIpc) is 4.35. The topological polar surface area (TPSA) is 44.2 Å². The third kappa shape index (κ3) is 14.9. The van der Waals surface area contributed by atoms with Crippen LogP contribution in [0.1, 0.15) is 206 Å². The number of ether oxygens (including phenoxy) is 2. The summed E-state index contributed by atoms with van der Waals surface area (Å²) in [5.74, 6) is 1.73. The Hall–Kier alpha value is -5.56. The molecule has 0 radical (unpaired) electrons. The lowest BCUT2D eigenvalue weighted by atomic mass is 9.70. The summed E-state index contributed by atoms with van der Waals surface area (Å²) >= 11 is 3.63. The Balaban J connectivity index is 1.10. The molecule has 1 aliphatic rings. The minimum absolute atomic E-state index is 0.0329. The van der Waals surface area contributed by atoms with E-state index in [0.29, 0.717) is 13.2 Å². The van der Waals surface area contributed by atoms with Gasteiger partial charge in [-0.05, 0) is 107 Å². The first kappa shape index (κ1) is 58.1. The second kappa shape index (κ2) is 30.3. The normalized spacial score (nSPS) is 12.6. The number of nitrogens with zero attached hydrogens (tertiary/aromatic N) is 2. The fourth-order valence-electron chi connectivity index (χ4n) is 12.3. The van der Waals surface area contributed by atoms with Gasteiger partial charge in [-0.2, -0.15) is 0 Å². The van der Waals surface area contributed by atoms with Crippen LogP contribution in [0.15, 0.2) is 133 Å². The van der Waals surface area contributed by atoms with Crippen molar-refractivity contribution in [2.45, 2.75) is 200 Å². The van der Waals surface area contributed by atoms with Crippen LogP contribution in [0.4, 0.5) is 0 Å². The Bertz CT molecular complexity index is 3100. The van der Waals surface area contributed by atoms with Crippen molar-refractivity contribution in [3.8, 4) is 76.5 Å². The molecule has 5 aromatic carbocycles. The highest BCUT2D eigenvalue weighted by molar-refractivity contribution is 7.19. The number of hydrogen-bond donors (Lipinski definition) is 0. The minimum Gasteiger partial charge on any atom is -0.494 e. The lowest BCUT2D eigenvalue weighted by Gasteiger charge is -2.33. The molecule has 0 spiro atoms. The van der Waals surface area contributed by atoms with E-state index in [-0.39, 0.29) is 5.41 Å². The molecule has 0 fully saturated rings. The molecular formula is C73H90N2O2S2. The van der Waals surface area contributed by atoms with Crippen molar-refractivity contribution in [3.05, 3.63) is 144 Å². The highest BCUT2D eigenvalue weighted by Crippen LogP contribution is 2.55. The van der Waals surface area contributed by atoms with E-state index in [1.165, 1.54) is 185 Å². The molecule has 1 aliphatic carbocycles. The molecule has 416 valence electrons. The summed E-state index contributed by atoms with van der Waals surface area (Å²) in [5.41, 5.74) is 15.0. The molecule has 0 atom stereocenters. The number of unbranched alkanes of at least 4 members (excludes halogenated alkanes) is 20. The standard InChI is InChI=1S/C73H90N2O2S2/c1-5-9-13-17-21-27-47-73(48-28-22-18-14-10-6-2)64-39-26-25-38-60(64)61-42-41-55(54-65(61)73)66-45-46-68(79-66)63-44-43-62(67-40-33-51-78-67)71-72(63)75-70(57-35-32-37-59(53-57)77-50-30-24-20-16-12-8-4)69(74-71)56-34-31-36-58(52-56)76-49-29-23-19-15-11-7-3/h25-26,31-46,51-54H,5-24,27-30,47-50H2,1-4H3. The lowest BCUT2D eigenvalue weighted by molar-refractivity contribution is 0.304. The molecule has 0 saturated carbocycles. The average molecular weight is 1090 g/mol. The summed E-state index contributed by atoms with van der Waals surface area (Å²) in [5, 5.41) is 2.16. The smallest absolute Gasteiger partial charge is 0.119 e. The number of thiophene rings is 2. The summed E-state index contributed by atoms with van der Waals surface area (Å²) in [4.78, 5) is 15.2. The third-order valence-corrected chi connectivity index (χ3v) is 18.8. The van der Waals surface area contributed by atoms with Gasteiger partial charge in [0.15, 0.2) is 0 Å². The van der Waals surface area contributed by atoms with Crippen LogP contribution in [0.2, 0.25) is 0 Å². The van der Waals surface area contributed by atoms with Crippen LogP contribution in [0.25, 0.3) is 76.0 Å².